The summed E-state index contributed by atoms with van der Waals surface area (Å²) < 4.78 is 5.71. The lowest BCUT2D eigenvalue weighted by molar-refractivity contribution is 0.0723. The van der Waals surface area contributed by atoms with Crippen LogP contribution in [-0.2, 0) is 0 Å². The molecule has 2 aromatic carbocycles. The van der Waals surface area contributed by atoms with Crippen LogP contribution in [0.1, 0.15) is 23.0 Å². The molecule has 0 saturated carbocycles. The van der Waals surface area contributed by atoms with Gasteiger partial charge in [0.15, 0.2) is 0 Å². The molecule has 136 valence electrons. The van der Waals surface area contributed by atoms with Crippen molar-refractivity contribution in [3.8, 4) is 0 Å². The van der Waals surface area contributed by atoms with Gasteiger partial charge in [-0.25, -0.2) is 0 Å². The minimum atomic E-state index is -1.09. The van der Waals surface area contributed by atoms with E-state index < -0.39 is 5.54 Å². The van der Waals surface area contributed by atoms with Gasteiger partial charge >= 0.3 is 0 Å². The van der Waals surface area contributed by atoms with Gasteiger partial charge in [-0.15, -0.1) is 0 Å². The fraction of sp³-hybridized carbons (Fsp3) is 0.250. The topological polar surface area (TPSA) is 82.7 Å². The first kappa shape index (κ1) is 18.5. The molecule has 1 amide bonds. The van der Waals surface area contributed by atoms with E-state index in [0.717, 1.165) is 9.79 Å². The van der Waals surface area contributed by atoms with E-state index in [9.17, 15) is 15.0 Å². The second-order valence-corrected chi connectivity index (χ2v) is 7.58. The second-order valence-electron chi connectivity index (χ2n) is 6.44. The van der Waals surface area contributed by atoms with Gasteiger partial charge in [0.25, 0.3) is 5.91 Å². The summed E-state index contributed by atoms with van der Waals surface area (Å²) in [5.74, 6) is 0.117. The van der Waals surface area contributed by atoms with Crippen LogP contribution in [0.15, 0.2) is 62.7 Å². The van der Waals surface area contributed by atoms with Crippen LogP contribution in [0, 0.1) is 6.92 Å². The number of benzene rings is 2. The molecule has 0 bridgehead atoms. The Balaban J connectivity index is 1.96. The highest BCUT2D eigenvalue weighted by Crippen LogP contribution is 2.33. The summed E-state index contributed by atoms with van der Waals surface area (Å²) in [5, 5.41) is 22.2. The van der Waals surface area contributed by atoms with E-state index in [4.69, 9.17) is 4.42 Å². The van der Waals surface area contributed by atoms with E-state index in [2.05, 4.69) is 5.32 Å². The Morgan fingerprint density at radius 2 is 1.81 bits per heavy atom. The lowest BCUT2D eigenvalue weighted by Crippen LogP contribution is -2.51. The van der Waals surface area contributed by atoms with Crippen LogP contribution in [0.5, 0.6) is 0 Å². The van der Waals surface area contributed by atoms with Gasteiger partial charge in [0.2, 0.25) is 0 Å². The van der Waals surface area contributed by atoms with Crippen LogP contribution in [0.2, 0.25) is 0 Å². The first-order chi connectivity index (χ1) is 12.5. The van der Waals surface area contributed by atoms with Crippen molar-refractivity contribution in [2.24, 2.45) is 0 Å². The molecule has 0 fully saturated rings. The van der Waals surface area contributed by atoms with Gasteiger partial charge in [-0.05, 0) is 44.2 Å². The second kappa shape index (κ2) is 7.53. The molecular formula is C20H21NO4S. The summed E-state index contributed by atoms with van der Waals surface area (Å²) in [6, 6.07) is 15.7. The maximum atomic E-state index is 12.7. The molecule has 26 heavy (non-hydrogen) atoms. The van der Waals surface area contributed by atoms with Crippen molar-refractivity contribution in [2.45, 2.75) is 29.2 Å². The van der Waals surface area contributed by atoms with Crippen molar-refractivity contribution in [1.82, 2.24) is 5.32 Å². The Kier molecular flexibility index (Phi) is 5.36. The van der Waals surface area contributed by atoms with Gasteiger partial charge in [-0.1, -0.05) is 30.0 Å². The number of amides is 1. The molecule has 0 spiro atoms. The molecule has 0 aliphatic heterocycles. The predicted molar refractivity (Wildman–Crippen MR) is 102 cm³/mol. The summed E-state index contributed by atoms with van der Waals surface area (Å²) in [6.45, 7) is 2.59. The highest BCUT2D eigenvalue weighted by atomic mass is 32.2. The number of hydrogen-bond acceptors (Lipinski definition) is 5. The van der Waals surface area contributed by atoms with E-state index in [1.54, 1.807) is 25.6 Å². The van der Waals surface area contributed by atoms with Gasteiger partial charge in [-0.2, -0.15) is 0 Å². The summed E-state index contributed by atoms with van der Waals surface area (Å²) in [4.78, 5) is 14.8. The zero-order valence-corrected chi connectivity index (χ0v) is 15.5. The number of fused-ring (bicyclic) bond motifs is 1. The molecule has 1 aromatic heterocycles. The highest BCUT2D eigenvalue weighted by Gasteiger charge is 2.28. The molecule has 0 unspecified atom stereocenters. The Hall–Kier alpha value is -2.28. The largest absolute Gasteiger partial charge is 0.461 e. The summed E-state index contributed by atoms with van der Waals surface area (Å²) in [7, 11) is 0. The number of rotatable bonds is 6. The summed E-state index contributed by atoms with van der Waals surface area (Å²) >= 11 is 1.60. The molecule has 5 nitrogen and oxygen atoms in total. The third-order valence-corrected chi connectivity index (χ3v) is 5.15. The minimum Gasteiger partial charge on any atom is -0.461 e. The maximum Gasteiger partial charge on any atom is 0.256 e. The maximum absolute atomic E-state index is 12.7. The van der Waals surface area contributed by atoms with Gasteiger partial charge in [0.05, 0.1) is 24.3 Å². The number of aliphatic hydroxyl groups is 2. The quantitative estimate of drug-likeness (QED) is 0.619. The van der Waals surface area contributed by atoms with Crippen LogP contribution in [0.3, 0.4) is 0 Å². The number of aryl methyl sites for hydroxylation is 1. The van der Waals surface area contributed by atoms with Crippen molar-refractivity contribution in [1.29, 1.82) is 0 Å². The molecule has 0 aliphatic rings. The predicted octanol–water partition coefficient (Wildman–Crippen LogP) is 3.37. The zero-order chi connectivity index (χ0) is 18.7. The lowest BCUT2D eigenvalue weighted by atomic mass is 10.0. The number of furan rings is 1. The first-order valence-corrected chi connectivity index (χ1v) is 9.08. The molecular weight excluding hydrogens is 350 g/mol. The van der Waals surface area contributed by atoms with Crippen LogP contribution in [-0.4, -0.2) is 34.9 Å². The minimum absolute atomic E-state index is 0.362. The molecule has 3 aromatic rings. The van der Waals surface area contributed by atoms with Gasteiger partial charge in [-0.3, -0.25) is 4.79 Å². The molecule has 1 heterocycles. The molecule has 0 aliphatic carbocycles. The standard InChI is InChI=1S/C20H21NO4S/c1-13-18(19(24)21-20(2,11-22)12-23)16-10-15(8-9-17(16)25-13)26-14-6-4-3-5-7-14/h3-10,22-23H,11-12H2,1-2H3,(H,21,24). The van der Waals surface area contributed by atoms with Crippen LogP contribution >= 0.6 is 11.8 Å². The van der Waals surface area contributed by atoms with Crippen molar-refractivity contribution in [3.05, 3.63) is 59.9 Å². The van der Waals surface area contributed by atoms with Gasteiger partial charge in [0.1, 0.15) is 11.3 Å². The van der Waals surface area contributed by atoms with E-state index in [0.29, 0.717) is 22.3 Å². The van der Waals surface area contributed by atoms with Crippen molar-refractivity contribution in [2.75, 3.05) is 13.2 Å². The molecule has 0 radical (unpaired) electrons. The fourth-order valence-corrected chi connectivity index (χ4v) is 3.51. The SMILES string of the molecule is Cc1oc2ccc(Sc3ccccc3)cc2c1C(=O)NC(C)(CO)CO. The van der Waals surface area contributed by atoms with E-state index in [1.807, 2.05) is 48.5 Å². The smallest absolute Gasteiger partial charge is 0.256 e. The Morgan fingerprint density at radius 1 is 1.12 bits per heavy atom. The van der Waals surface area contributed by atoms with Crippen molar-refractivity contribution < 1.29 is 19.4 Å². The summed E-state index contributed by atoms with van der Waals surface area (Å²) in [6.07, 6.45) is 0. The third kappa shape index (κ3) is 3.77. The normalized spacial score (nSPS) is 11.7. The molecule has 3 rings (SSSR count). The molecule has 3 N–H and O–H groups in total. The van der Waals surface area contributed by atoms with E-state index in [-0.39, 0.29) is 19.1 Å². The van der Waals surface area contributed by atoms with Gasteiger partial charge in [0, 0.05) is 15.2 Å². The van der Waals surface area contributed by atoms with Crippen LogP contribution < -0.4 is 5.32 Å². The third-order valence-electron chi connectivity index (χ3n) is 4.15. The average Bonchev–Trinajstić information content (AvgIpc) is 2.97. The van der Waals surface area contributed by atoms with Gasteiger partial charge < -0.3 is 19.9 Å². The number of aliphatic hydroxyl groups excluding tert-OH is 2. The molecule has 0 atom stereocenters. The average molecular weight is 371 g/mol. The van der Waals surface area contributed by atoms with Crippen LogP contribution in [0.4, 0.5) is 0 Å². The Morgan fingerprint density at radius 3 is 2.46 bits per heavy atom. The van der Waals surface area contributed by atoms with Crippen molar-refractivity contribution >= 4 is 28.6 Å². The first-order valence-electron chi connectivity index (χ1n) is 8.26. The zero-order valence-electron chi connectivity index (χ0n) is 14.7. The van der Waals surface area contributed by atoms with Crippen LogP contribution in [0.25, 0.3) is 11.0 Å². The Bertz CT molecular complexity index is 916. The lowest BCUT2D eigenvalue weighted by Gasteiger charge is -2.26. The van der Waals surface area contributed by atoms with E-state index >= 15 is 0 Å². The monoisotopic (exact) mass is 371 g/mol. The number of hydrogen-bond donors (Lipinski definition) is 3. The molecule has 6 heteroatoms. The summed E-state index contributed by atoms with van der Waals surface area (Å²) in [5.41, 5.74) is -0.0489. The molecule has 0 saturated heterocycles. The fourth-order valence-electron chi connectivity index (χ4n) is 2.64. The Labute approximate surface area is 156 Å². The number of carbonyl (C=O) groups is 1. The van der Waals surface area contributed by atoms with Crippen molar-refractivity contribution in [3.63, 3.8) is 0 Å². The number of carbonyl (C=O) groups excluding carboxylic acids is 1. The number of nitrogens with one attached hydrogen (secondary N) is 1. The van der Waals surface area contributed by atoms with E-state index in [1.165, 1.54) is 0 Å². The highest BCUT2D eigenvalue weighted by molar-refractivity contribution is 7.99.